The average molecular weight is 247 g/mol. The van der Waals surface area contributed by atoms with E-state index in [0.717, 1.165) is 30.6 Å². The highest BCUT2D eigenvalue weighted by Gasteiger charge is 2.38. The molecule has 4 nitrogen and oxygen atoms in total. The number of anilines is 1. The van der Waals surface area contributed by atoms with Gasteiger partial charge in [-0.2, -0.15) is 0 Å². The standard InChI is InChI=1S/C14H21N3O/c1-15-11-3-5-13(6-4-11)18-14-9-17(10-14)12-7-16(2)8-12/h3-6,12,14-15H,7-10H2,1-2H3. The highest BCUT2D eigenvalue weighted by Crippen LogP contribution is 2.24. The molecule has 0 aliphatic carbocycles. The molecular formula is C14H21N3O. The molecule has 2 saturated heterocycles. The summed E-state index contributed by atoms with van der Waals surface area (Å²) in [4.78, 5) is 4.88. The summed E-state index contributed by atoms with van der Waals surface area (Å²) in [6, 6.07) is 8.93. The Hall–Kier alpha value is -1.26. The van der Waals surface area contributed by atoms with Crippen LogP contribution in [-0.4, -0.2) is 62.2 Å². The van der Waals surface area contributed by atoms with Gasteiger partial charge in [0, 0.05) is 45.0 Å². The first kappa shape index (κ1) is 11.8. The maximum absolute atomic E-state index is 5.94. The van der Waals surface area contributed by atoms with Crippen molar-refractivity contribution in [3.05, 3.63) is 24.3 Å². The first-order valence-electron chi connectivity index (χ1n) is 6.61. The lowest BCUT2D eigenvalue weighted by atomic mass is 10.0. The highest BCUT2D eigenvalue weighted by molar-refractivity contribution is 5.45. The summed E-state index contributed by atoms with van der Waals surface area (Å²) in [6.45, 7) is 4.58. The van der Waals surface area contributed by atoms with Gasteiger partial charge in [-0.3, -0.25) is 4.90 Å². The largest absolute Gasteiger partial charge is 0.488 e. The minimum Gasteiger partial charge on any atom is -0.488 e. The lowest BCUT2D eigenvalue weighted by Gasteiger charge is -2.50. The molecule has 18 heavy (non-hydrogen) atoms. The molecule has 0 unspecified atom stereocenters. The molecule has 4 heteroatoms. The van der Waals surface area contributed by atoms with Gasteiger partial charge in [0.2, 0.25) is 0 Å². The van der Waals surface area contributed by atoms with Crippen molar-refractivity contribution in [1.82, 2.24) is 9.80 Å². The van der Waals surface area contributed by atoms with Gasteiger partial charge in [0.05, 0.1) is 0 Å². The summed E-state index contributed by atoms with van der Waals surface area (Å²) < 4.78 is 5.94. The van der Waals surface area contributed by atoms with Crippen LogP contribution in [0.25, 0.3) is 0 Å². The number of likely N-dealkylation sites (N-methyl/N-ethyl adjacent to an activating group) is 1. The maximum Gasteiger partial charge on any atom is 0.124 e. The van der Waals surface area contributed by atoms with Crippen molar-refractivity contribution in [2.75, 3.05) is 45.6 Å². The van der Waals surface area contributed by atoms with Crippen LogP contribution >= 0.6 is 0 Å². The van der Waals surface area contributed by atoms with Crippen molar-refractivity contribution in [1.29, 1.82) is 0 Å². The van der Waals surface area contributed by atoms with Crippen molar-refractivity contribution in [2.24, 2.45) is 0 Å². The zero-order valence-corrected chi connectivity index (χ0v) is 11.1. The van der Waals surface area contributed by atoms with Crippen LogP contribution in [-0.2, 0) is 0 Å². The van der Waals surface area contributed by atoms with Crippen LogP contribution < -0.4 is 10.1 Å². The summed E-state index contributed by atoms with van der Waals surface area (Å²) in [5.74, 6) is 0.976. The van der Waals surface area contributed by atoms with Crippen LogP contribution in [0.2, 0.25) is 0 Å². The molecule has 1 aromatic carbocycles. The molecule has 2 fully saturated rings. The van der Waals surface area contributed by atoms with Crippen molar-refractivity contribution in [3.63, 3.8) is 0 Å². The van der Waals surface area contributed by atoms with Gasteiger partial charge < -0.3 is 15.0 Å². The number of benzene rings is 1. The van der Waals surface area contributed by atoms with E-state index in [1.54, 1.807) is 0 Å². The number of likely N-dealkylation sites (tertiary alicyclic amines) is 2. The maximum atomic E-state index is 5.94. The fraction of sp³-hybridized carbons (Fsp3) is 0.571. The third-order valence-electron chi connectivity index (χ3n) is 3.88. The Bertz CT molecular complexity index is 394. The monoisotopic (exact) mass is 247 g/mol. The van der Waals surface area contributed by atoms with Gasteiger partial charge >= 0.3 is 0 Å². The molecule has 2 heterocycles. The van der Waals surface area contributed by atoms with E-state index < -0.39 is 0 Å². The highest BCUT2D eigenvalue weighted by atomic mass is 16.5. The molecule has 98 valence electrons. The van der Waals surface area contributed by atoms with E-state index in [-0.39, 0.29) is 0 Å². The summed E-state index contributed by atoms with van der Waals surface area (Å²) in [5.41, 5.74) is 1.12. The fourth-order valence-corrected chi connectivity index (χ4v) is 2.63. The van der Waals surface area contributed by atoms with Crippen molar-refractivity contribution >= 4 is 5.69 Å². The summed E-state index contributed by atoms with van der Waals surface area (Å²) >= 11 is 0. The number of ether oxygens (including phenoxy) is 1. The van der Waals surface area contributed by atoms with Crippen LogP contribution in [0.15, 0.2) is 24.3 Å². The van der Waals surface area contributed by atoms with Crippen molar-refractivity contribution in [3.8, 4) is 5.75 Å². The van der Waals surface area contributed by atoms with Gasteiger partial charge in [-0.05, 0) is 31.3 Å². The van der Waals surface area contributed by atoms with Crippen molar-refractivity contribution in [2.45, 2.75) is 12.1 Å². The third kappa shape index (κ3) is 2.31. The zero-order valence-electron chi connectivity index (χ0n) is 11.1. The second kappa shape index (κ2) is 4.78. The van der Waals surface area contributed by atoms with E-state index in [0.29, 0.717) is 6.10 Å². The van der Waals surface area contributed by atoms with Crippen LogP contribution in [0, 0.1) is 0 Å². The Morgan fingerprint density at radius 2 is 1.78 bits per heavy atom. The molecule has 2 aliphatic heterocycles. The van der Waals surface area contributed by atoms with E-state index in [4.69, 9.17) is 4.74 Å². The van der Waals surface area contributed by atoms with E-state index >= 15 is 0 Å². The summed E-state index contributed by atoms with van der Waals surface area (Å²) in [6.07, 6.45) is 0.372. The first-order valence-corrected chi connectivity index (χ1v) is 6.61. The van der Waals surface area contributed by atoms with Gasteiger partial charge in [0.15, 0.2) is 0 Å². The Balaban J connectivity index is 1.44. The number of hydrogen-bond donors (Lipinski definition) is 1. The molecule has 1 N–H and O–H groups in total. The van der Waals surface area contributed by atoms with E-state index in [2.05, 4.69) is 22.2 Å². The minimum atomic E-state index is 0.372. The number of hydrogen-bond acceptors (Lipinski definition) is 4. The molecule has 3 rings (SSSR count). The molecule has 1 aromatic rings. The topological polar surface area (TPSA) is 27.7 Å². The Labute approximate surface area is 109 Å². The van der Waals surface area contributed by atoms with Crippen LogP contribution in [0.1, 0.15) is 0 Å². The second-order valence-electron chi connectivity index (χ2n) is 5.34. The molecule has 0 amide bonds. The predicted octanol–water partition coefficient (Wildman–Crippen LogP) is 1.11. The van der Waals surface area contributed by atoms with Crippen LogP contribution in [0.5, 0.6) is 5.75 Å². The lowest BCUT2D eigenvalue weighted by molar-refractivity contribution is -0.0537. The van der Waals surface area contributed by atoms with E-state index in [9.17, 15) is 0 Å². The van der Waals surface area contributed by atoms with E-state index in [1.807, 2.05) is 31.3 Å². The molecule has 0 bridgehead atoms. The number of rotatable bonds is 4. The molecule has 0 spiro atoms. The first-order chi connectivity index (χ1) is 8.74. The number of nitrogens with zero attached hydrogens (tertiary/aromatic N) is 2. The quantitative estimate of drug-likeness (QED) is 0.862. The fourth-order valence-electron chi connectivity index (χ4n) is 2.63. The summed E-state index contributed by atoms with van der Waals surface area (Å²) in [5, 5.41) is 3.11. The number of nitrogens with one attached hydrogen (secondary N) is 1. The molecule has 0 atom stereocenters. The van der Waals surface area contributed by atoms with Crippen molar-refractivity contribution < 1.29 is 4.74 Å². The van der Waals surface area contributed by atoms with Crippen LogP contribution in [0.4, 0.5) is 5.69 Å². The summed E-state index contributed by atoms with van der Waals surface area (Å²) in [7, 11) is 4.10. The lowest BCUT2D eigenvalue weighted by Crippen LogP contribution is -2.66. The Kier molecular flexibility index (Phi) is 3.14. The molecule has 0 radical (unpaired) electrons. The molecular weight excluding hydrogens is 226 g/mol. The van der Waals surface area contributed by atoms with Gasteiger partial charge in [-0.15, -0.1) is 0 Å². The normalized spacial score (nSPS) is 22.3. The second-order valence-corrected chi connectivity index (χ2v) is 5.34. The Morgan fingerprint density at radius 3 is 2.33 bits per heavy atom. The van der Waals surface area contributed by atoms with Crippen LogP contribution in [0.3, 0.4) is 0 Å². The molecule has 0 aromatic heterocycles. The smallest absolute Gasteiger partial charge is 0.124 e. The van der Waals surface area contributed by atoms with Gasteiger partial charge in [-0.25, -0.2) is 0 Å². The zero-order chi connectivity index (χ0) is 12.5. The minimum absolute atomic E-state index is 0.372. The van der Waals surface area contributed by atoms with Gasteiger partial charge in [0.1, 0.15) is 11.9 Å². The SMILES string of the molecule is CNc1ccc(OC2CN(C3CN(C)C3)C2)cc1. The molecule has 0 saturated carbocycles. The van der Waals surface area contributed by atoms with Gasteiger partial charge in [-0.1, -0.05) is 0 Å². The third-order valence-corrected chi connectivity index (χ3v) is 3.88. The predicted molar refractivity (Wildman–Crippen MR) is 73.3 cm³/mol. The molecule has 2 aliphatic rings. The Morgan fingerprint density at radius 1 is 1.11 bits per heavy atom. The van der Waals surface area contributed by atoms with Gasteiger partial charge in [0.25, 0.3) is 0 Å². The van der Waals surface area contributed by atoms with E-state index in [1.165, 1.54) is 13.1 Å². The average Bonchev–Trinajstić information content (AvgIpc) is 2.31.